The van der Waals surface area contributed by atoms with Crippen LogP contribution >= 0.6 is 11.3 Å². The minimum Gasteiger partial charge on any atom is -0.478 e. The third-order valence-electron chi connectivity index (χ3n) is 2.98. The Morgan fingerprint density at radius 2 is 2.18 bits per heavy atom. The molecule has 0 spiro atoms. The van der Waals surface area contributed by atoms with Crippen LogP contribution in [0.1, 0.15) is 27.2 Å². The van der Waals surface area contributed by atoms with E-state index < -0.39 is 5.97 Å². The van der Waals surface area contributed by atoms with Crippen molar-refractivity contribution in [1.82, 2.24) is 0 Å². The van der Waals surface area contributed by atoms with Gasteiger partial charge in [-0.05, 0) is 19.4 Å². The van der Waals surface area contributed by atoms with Gasteiger partial charge in [-0.2, -0.15) is 0 Å². The van der Waals surface area contributed by atoms with Crippen LogP contribution in [-0.2, 0) is 4.79 Å². The normalized spacial score (nSPS) is 20.1. The highest BCUT2D eigenvalue weighted by Crippen LogP contribution is 2.37. The van der Waals surface area contributed by atoms with Gasteiger partial charge in [0.05, 0.1) is 5.56 Å². The van der Waals surface area contributed by atoms with E-state index in [0.717, 1.165) is 10.4 Å². The number of hydrogen-bond acceptors (Lipinski definition) is 4. The minimum atomic E-state index is -0.991. The molecule has 1 saturated heterocycles. The molecule has 0 aromatic carbocycles. The number of nitrogens with zero attached hydrogens (tertiary/aromatic N) is 1. The predicted octanol–water partition coefficient (Wildman–Crippen LogP) is 1.13. The number of hydrogen-bond donors (Lipinski definition) is 2. The largest absolute Gasteiger partial charge is 0.478 e. The molecule has 1 aliphatic rings. The Morgan fingerprint density at radius 3 is 2.65 bits per heavy atom. The summed E-state index contributed by atoms with van der Waals surface area (Å²) in [5.41, 5.74) is 6.68. The van der Waals surface area contributed by atoms with E-state index in [1.54, 1.807) is 6.92 Å². The third-order valence-corrected chi connectivity index (χ3v) is 4.21. The number of carbonyl (C=O) groups excluding carboxylic acids is 1. The number of carbonyl (C=O) groups is 2. The van der Waals surface area contributed by atoms with E-state index in [0.29, 0.717) is 11.5 Å². The van der Waals surface area contributed by atoms with E-state index in [2.05, 4.69) is 0 Å². The molecule has 1 atom stereocenters. The number of nitrogens with two attached hydrogens (primary N) is 1. The summed E-state index contributed by atoms with van der Waals surface area (Å²) in [4.78, 5) is 25.4. The van der Waals surface area contributed by atoms with Crippen molar-refractivity contribution in [2.45, 2.75) is 26.3 Å². The van der Waals surface area contributed by atoms with Crippen LogP contribution in [0.15, 0.2) is 0 Å². The third kappa shape index (κ3) is 1.94. The van der Waals surface area contributed by atoms with Gasteiger partial charge >= 0.3 is 5.97 Å². The zero-order valence-corrected chi connectivity index (χ0v) is 10.5. The van der Waals surface area contributed by atoms with Crippen molar-refractivity contribution in [2.75, 3.05) is 11.4 Å². The van der Waals surface area contributed by atoms with Crippen molar-refractivity contribution in [3.05, 3.63) is 16.0 Å². The summed E-state index contributed by atoms with van der Waals surface area (Å²) in [5, 5.41) is 9.73. The molecule has 17 heavy (non-hydrogen) atoms. The number of carboxylic acid groups (broad SMARTS) is 1. The van der Waals surface area contributed by atoms with Crippen LogP contribution in [0.2, 0.25) is 0 Å². The van der Waals surface area contributed by atoms with Gasteiger partial charge in [0, 0.05) is 23.9 Å². The maximum atomic E-state index is 11.7. The van der Waals surface area contributed by atoms with Gasteiger partial charge in [-0.1, -0.05) is 0 Å². The Bertz CT molecular complexity index is 495. The van der Waals surface area contributed by atoms with Crippen molar-refractivity contribution >= 4 is 28.2 Å². The topological polar surface area (TPSA) is 83.6 Å². The first kappa shape index (κ1) is 12.1. The maximum Gasteiger partial charge on any atom is 0.339 e. The molecule has 1 unspecified atom stereocenters. The lowest BCUT2D eigenvalue weighted by Crippen LogP contribution is -2.28. The zero-order chi connectivity index (χ0) is 12.7. The first-order valence-electron chi connectivity index (χ1n) is 5.31. The molecule has 2 rings (SSSR count). The van der Waals surface area contributed by atoms with Gasteiger partial charge in [-0.25, -0.2) is 4.79 Å². The van der Waals surface area contributed by atoms with Crippen molar-refractivity contribution in [2.24, 2.45) is 5.73 Å². The van der Waals surface area contributed by atoms with Crippen LogP contribution in [-0.4, -0.2) is 29.6 Å². The second kappa shape index (κ2) is 4.12. The van der Waals surface area contributed by atoms with E-state index in [4.69, 9.17) is 5.73 Å². The number of aryl methyl sites for hydroxylation is 1. The summed E-state index contributed by atoms with van der Waals surface area (Å²) in [7, 11) is 0. The smallest absolute Gasteiger partial charge is 0.339 e. The summed E-state index contributed by atoms with van der Waals surface area (Å²) in [6.07, 6.45) is 0.287. The highest BCUT2D eigenvalue weighted by Gasteiger charge is 2.33. The number of amides is 1. The van der Waals surface area contributed by atoms with Gasteiger partial charge in [0.2, 0.25) is 5.91 Å². The van der Waals surface area contributed by atoms with Gasteiger partial charge in [0.25, 0.3) is 0 Å². The van der Waals surface area contributed by atoms with E-state index in [1.807, 2.05) is 6.92 Å². The van der Waals surface area contributed by atoms with Gasteiger partial charge in [0.15, 0.2) is 0 Å². The number of anilines is 1. The molecule has 0 saturated carbocycles. The summed E-state index contributed by atoms with van der Waals surface area (Å²) < 4.78 is 0. The molecule has 6 heteroatoms. The van der Waals surface area contributed by atoms with Crippen LogP contribution in [0.4, 0.5) is 5.00 Å². The van der Waals surface area contributed by atoms with Gasteiger partial charge in [-0.15, -0.1) is 11.3 Å². The molecule has 1 aromatic heterocycles. The van der Waals surface area contributed by atoms with E-state index in [1.165, 1.54) is 16.2 Å². The van der Waals surface area contributed by atoms with Crippen molar-refractivity contribution in [3.8, 4) is 0 Å². The molecule has 0 radical (unpaired) electrons. The minimum absolute atomic E-state index is 0.0961. The lowest BCUT2D eigenvalue weighted by Gasteiger charge is -2.14. The highest BCUT2D eigenvalue weighted by atomic mass is 32.1. The van der Waals surface area contributed by atoms with Crippen molar-refractivity contribution < 1.29 is 14.7 Å². The Balaban J connectivity index is 2.49. The molecule has 3 N–H and O–H groups in total. The molecule has 0 bridgehead atoms. The first-order chi connectivity index (χ1) is 7.91. The molecular weight excluding hydrogens is 240 g/mol. The molecule has 1 amide bonds. The molecule has 5 nitrogen and oxygen atoms in total. The summed E-state index contributed by atoms with van der Waals surface area (Å²) >= 11 is 1.34. The monoisotopic (exact) mass is 254 g/mol. The number of thiophene rings is 1. The van der Waals surface area contributed by atoms with Crippen LogP contribution in [0.3, 0.4) is 0 Å². The van der Waals surface area contributed by atoms with Crippen LogP contribution in [0, 0.1) is 13.8 Å². The molecule has 2 heterocycles. The van der Waals surface area contributed by atoms with Crippen LogP contribution in [0.5, 0.6) is 0 Å². The average Bonchev–Trinajstić information content (AvgIpc) is 2.68. The zero-order valence-electron chi connectivity index (χ0n) is 9.69. The van der Waals surface area contributed by atoms with Crippen LogP contribution in [0.25, 0.3) is 0 Å². The number of carboxylic acids is 1. The molecule has 1 aromatic rings. The Morgan fingerprint density at radius 1 is 1.53 bits per heavy atom. The quantitative estimate of drug-likeness (QED) is 0.828. The van der Waals surface area contributed by atoms with E-state index >= 15 is 0 Å². The molecule has 92 valence electrons. The predicted molar refractivity (Wildman–Crippen MR) is 65.7 cm³/mol. The van der Waals surface area contributed by atoms with E-state index in [-0.39, 0.29) is 23.9 Å². The molecule has 0 aliphatic carbocycles. The summed E-state index contributed by atoms with van der Waals surface area (Å²) in [5.74, 6) is -1.09. The average molecular weight is 254 g/mol. The SMILES string of the molecule is Cc1sc(N2CC(N)CC2=O)c(C(=O)O)c1C. The Hall–Kier alpha value is -1.40. The van der Waals surface area contributed by atoms with Gasteiger partial charge in [-0.3, -0.25) is 4.79 Å². The lowest BCUT2D eigenvalue weighted by atomic mass is 10.1. The van der Waals surface area contributed by atoms with Crippen molar-refractivity contribution in [3.63, 3.8) is 0 Å². The van der Waals surface area contributed by atoms with Gasteiger partial charge in [0.1, 0.15) is 5.00 Å². The fourth-order valence-electron chi connectivity index (χ4n) is 1.98. The second-order valence-electron chi connectivity index (χ2n) is 4.24. The maximum absolute atomic E-state index is 11.7. The molecule has 1 fully saturated rings. The van der Waals surface area contributed by atoms with E-state index in [9.17, 15) is 14.7 Å². The van der Waals surface area contributed by atoms with Crippen LogP contribution < -0.4 is 10.6 Å². The summed E-state index contributed by atoms with van der Waals surface area (Å²) in [6, 6.07) is -0.202. The van der Waals surface area contributed by atoms with Crippen molar-refractivity contribution in [1.29, 1.82) is 0 Å². The fourth-order valence-corrected chi connectivity index (χ4v) is 3.16. The van der Waals surface area contributed by atoms with Gasteiger partial charge < -0.3 is 15.7 Å². The Kier molecular flexibility index (Phi) is 2.92. The highest BCUT2D eigenvalue weighted by molar-refractivity contribution is 7.16. The lowest BCUT2D eigenvalue weighted by molar-refractivity contribution is -0.117. The Labute approximate surface area is 103 Å². The second-order valence-corrected chi connectivity index (χ2v) is 5.44. The first-order valence-corrected chi connectivity index (χ1v) is 6.12. The summed E-state index contributed by atoms with van der Waals surface area (Å²) in [6.45, 7) is 4.02. The molecule has 1 aliphatic heterocycles. The molecular formula is C11H14N2O3S. The number of aromatic carboxylic acids is 1. The number of rotatable bonds is 2. The fraction of sp³-hybridized carbons (Fsp3) is 0.455. The standard InChI is InChI=1S/C11H14N2O3S/c1-5-6(2)17-10(9(5)11(15)16)13-4-7(12)3-8(13)14/h7H,3-4,12H2,1-2H3,(H,15,16).